The van der Waals surface area contributed by atoms with Gasteiger partial charge < -0.3 is 11.1 Å². The van der Waals surface area contributed by atoms with Gasteiger partial charge in [-0.25, -0.2) is 4.98 Å². The summed E-state index contributed by atoms with van der Waals surface area (Å²) >= 11 is 1.37. The van der Waals surface area contributed by atoms with Crippen molar-refractivity contribution >= 4 is 23.2 Å². The van der Waals surface area contributed by atoms with E-state index in [1.54, 1.807) is 29.6 Å². The molecule has 6 heteroatoms. The highest BCUT2D eigenvalue weighted by Crippen LogP contribution is 2.23. The number of carbonyl (C=O) groups excluding carboxylic acids is 2. The average molecular weight is 337 g/mol. The van der Waals surface area contributed by atoms with Crippen LogP contribution in [0, 0.1) is 0 Å². The molecule has 5 nitrogen and oxygen atoms in total. The van der Waals surface area contributed by atoms with E-state index in [9.17, 15) is 9.59 Å². The van der Waals surface area contributed by atoms with Gasteiger partial charge in [-0.3, -0.25) is 9.59 Å². The van der Waals surface area contributed by atoms with Gasteiger partial charge in [-0.15, -0.1) is 11.3 Å². The van der Waals surface area contributed by atoms with E-state index in [0.717, 1.165) is 10.6 Å². The molecule has 120 valence electrons. The number of hydrogen-bond acceptors (Lipinski definition) is 4. The van der Waals surface area contributed by atoms with Crippen LogP contribution in [0.2, 0.25) is 0 Å². The molecule has 2 amide bonds. The molecule has 1 unspecified atom stereocenters. The van der Waals surface area contributed by atoms with Gasteiger partial charge in [0.2, 0.25) is 5.91 Å². The molecule has 0 aliphatic carbocycles. The summed E-state index contributed by atoms with van der Waals surface area (Å²) in [5, 5.41) is 5.06. The van der Waals surface area contributed by atoms with Gasteiger partial charge in [0.05, 0.1) is 0 Å². The summed E-state index contributed by atoms with van der Waals surface area (Å²) < 4.78 is 0. The van der Waals surface area contributed by atoms with Crippen LogP contribution in [0.5, 0.6) is 0 Å². The topological polar surface area (TPSA) is 85.1 Å². The van der Waals surface area contributed by atoms with Gasteiger partial charge in [0.25, 0.3) is 5.91 Å². The Morgan fingerprint density at radius 2 is 1.62 bits per heavy atom. The Bertz CT molecular complexity index is 847. The molecule has 1 atom stereocenters. The van der Waals surface area contributed by atoms with Gasteiger partial charge in [0.1, 0.15) is 16.7 Å². The molecule has 0 bridgehead atoms. The summed E-state index contributed by atoms with van der Waals surface area (Å²) in [6.07, 6.45) is 0. The highest BCUT2D eigenvalue weighted by molar-refractivity contribution is 7.13. The van der Waals surface area contributed by atoms with Crippen molar-refractivity contribution in [3.05, 3.63) is 77.3 Å². The summed E-state index contributed by atoms with van der Waals surface area (Å²) in [4.78, 5) is 28.4. The van der Waals surface area contributed by atoms with Crippen LogP contribution < -0.4 is 11.1 Å². The van der Waals surface area contributed by atoms with Crippen LogP contribution in [0.4, 0.5) is 0 Å². The minimum Gasteiger partial charge on any atom is -0.368 e. The Morgan fingerprint density at radius 3 is 2.25 bits per heavy atom. The third-order valence-electron chi connectivity index (χ3n) is 3.45. The molecule has 0 spiro atoms. The minimum atomic E-state index is -0.888. The number of aromatic nitrogens is 1. The summed E-state index contributed by atoms with van der Waals surface area (Å²) in [5.74, 6) is -1.05. The highest BCUT2D eigenvalue weighted by atomic mass is 32.1. The Kier molecular flexibility index (Phi) is 4.67. The number of carbonyl (C=O) groups is 2. The zero-order chi connectivity index (χ0) is 16.9. The molecule has 0 aliphatic heterocycles. The monoisotopic (exact) mass is 337 g/mol. The van der Waals surface area contributed by atoms with Gasteiger partial charge in [0.15, 0.2) is 0 Å². The summed E-state index contributed by atoms with van der Waals surface area (Å²) in [6, 6.07) is 17.6. The van der Waals surface area contributed by atoms with Crippen molar-refractivity contribution < 1.29 is 9.59 Å². The van der Waals surface area contributed by atoms with Crippen LogP contribution in [-0.2, 0) is 4.79 Å². The van der Waals surface area contributed by atoms with Crippen LogP contribution in [0.25, 0.3) is 10.6 Å². The largest absolute Gasteiger partial charge is 0.368 e. The Morgan fingerprint density at radius 1 is 1.00 bits per heavy atom. The van der Waals surface area contributed by atoms with E-state index in [-0.39, 0.29) is 5.69 Å². The number of nitrogens with zero attached hydrogens (tertiary/aromatic N) is 1. The molecular weight excluding hydrogens is 322 g/mol. The van der Waals surface area contributed by atoms with Crippen molar-refractivity contribution in [3.8, 4) is 10.6 Å². The van der Waals surface area contributed by atoms with E-state index in [2.05, 4.69) is 10.3 Å². The van der Waals surface area contributed by atoms with Crippen LogP contribution in [0.15, 0.2) is 66.0 Å². The quantitative estimate of drug-likeness (QED) is 0.751. The van der Waals surface area contributed by atoms with Crippen LogP contribution in [0.1, 0.15) is 22.1 Å². The summed E-state index contributed by atoms with van der Waals surface area (Å²) in [6.45, 7) is 0. The van der Waals surface area contributed by atoms with E-state index in [1.807, 2.05) is 36.4 Å². The Labute approximate surface area is 143 Å². The van der Waals surface area contributed by atoms with Crippen LogP contribution >= 0.6 is 11.3 Å². The van der Waals surface area contributed by atoms with Gasteiger partial charge in [-0.1, -0.05) is 60.7 Å². The minimum absolute atomic E-state index is 0.265. The van der Waals surface area contributed by atoms with Crippen molar-refractivity contribution in [3.63, 3.8) is 0 Å². The molecule has 1 heterocycles. The maximum absolute atomic E-state index is 12.4. The molecule has 0 saturated carbocycles. The first-order valence-electron chi connectivity index (χ1n) is 7.31. The van der Waals surface area contributed by atoms with E-state index < -0.39 is 17.9 Å². The fourth-order valence-electron chi connectivity index (χ4n) is 2.26. The lowest BCUT2D eigenvalue weighted by atomic mass is 10.1. The fourth-order valence-corrected chi connectivity index (χ4v) is 3.07. The molecule has 3 rings (SSSR count). The van der Waals surface area contributed by atoms with Gasteiger partial charge in [-0.05, 0) is 5.56 Å². The Balaban J connectivity index is 1.79. The predicted octanol–water partition coefficient (Wildman–Crippen LogP) is 2.77. The van der Waals surface area contributed by atoms with Gasteiger partial charge in [-0.2, -0.15) is 0 Å². The van der Waals surface area contributed by atoms with Crippen molar-refractivity contribution in [1.82, 2.24) is 10.3 Å². The Hall–Kier alpha value is -2.99. The van der Waals surface area contributed by atoms with Gasteiger partial charge >= 0.3 is 0 Å². The molecule has 0 fully saturated rings. The van der Waals surface area contributed by atoms with Crippen LogP contribution in [-0.4, -0.2) is 16.8 Å². The molecule has 0 radical (unpaired) electrons. The van der Waals surface area contributed by atoms with E-state index in [0.29, 0.717) is 5.56 Å². The standard InChI is InChI=1S/C18H15N3O2S/c19-16(22)15(12-7-3-1-4-8-12)21-17(23)14-11-24-18(20-14)13-9-5-2-6-10-13/h1-11,15H,(H2,19,22)(H,21,23). The molecule has 3 N–H and O–H groups in total. The predicted molar refractivity (Wildman–Crippen MR) is 93.4 cm³/mol. The zero-order valence-corrected chi connectivity index (χ0v) is 13.5. The zero-order valence-electron chi connectivity index (χ0n) is 12.7. The summed E-state index contributed by atoms with van der Waals surface area (Å²) in [7, 11) is 0. The smallest absolute Gasteiger partial charge is 0.271 e. The average Bonchev–Trinajstić information content (AvgIpc) is 3.11. The van der Waals surface area contributed by atoms with Crippen molar-refractivity contribution in [1.29, 1.82) is 0 Å². The van der Waals surface area contributed by atoms with Crippen molar-refractivity contribution in [2.75, 3.05) is 0 Å². The van der Waals surface area contributed by atoms with Crippen LogP contribution in [0.3, 0.4) is 0 Å². The van der Waals surface area contributed by atoms with Crippen molar-refractivity contribution in [2.45, 2.75) is 6.04 Å². The lowest BCUT2D eigenvalue weighted by Crippen LogP contribution is -2.37. The third-order valence-corrected chi connectivity index (χ3v) is 4.34. The number of nitrogens with two attached hydrogens (primary N) is 1. The highest BCUT2D eigenvalue weighted by Gasteiger charge is 2.22. The molecule has 24 heavy (non-hydrogen) atoms. The number of benzene rings is 2. The fraction of sp³-hybridized carbons (Fsp3) is 0.0556. The summed E-state index contributed by atoms with van der Waals surface area (Å²) in [5.41, 5.74) is 7.26. The second-order valence-electron chi connectivity index (χ2n) is 5.12. The SMILES string of the molecule is NC(=O)C(NC(=O)c1csc(-c2ccccc2)n1)c1ccccc1. The number of hydrogen-bond donors (Lipinski definition) is 2. The molecule has 2 aromatic carbocycles. The molecule has 0 saturated heterocycles. The molecule has 1 aromatic heterocycles. The van der Waals surface area contributed by atoms with E-state index in [4.69, 9.17) is 5.73 Å². The maximum atomic E-state index is 12.4. The first-order valence-corrected chi connectivity index (χ1v) is 8.19. The lowest BCUT2D eigenvalue weighted by molar-refractivity contribution is -0.120. The normalized spacial score (nSPS) is 11.7. The number of amides is 2. The number of nitrogens with one attached hydrogen (secondary N) is 1. The van der Waals surface area contributed by atoms with E-state index in [1.165, 1.54) is 11.3 Å². The second kappa shape index (κ2) is 7.06. The lowest BCUT2D eigenvalue weighted by Gasteiger charge is -2.14. The number of primary amides is 1. The van der Waals surface area contributed by atoms with Gasteiger partial charge in [0, 0.05) is 10.9 Å². The second-order valence-corrected chi connectivity index (χ2v) is 5.98. The van der Waals surface area contributed by atoms with E-state index >= 15 is 0 Å². The maximum Gasteiger partial charge on any atom is 0.271 e. The third kappa shape index (κ3) is 3.49. The molecular formula is C18H15N3O2S. The molecule has 0 aliphatic rings. The van der Waals surface area contributed by atoms with Crippen molar-refractivity contribution in [2.24, 2.45) is 5.73 Å². The number of rotatable bonds is 5. The first-order chi connectivity index (χ1) is 11.6. The molecule has 3 aromatic rings. The number of thiazole rings is 1. The first kappa shape index (κ1) is 15.9.